The Hall–Kier alpha value is -1.56. The summed E-state index contributed by atoms with van der Waals surface area (Å²) in [6.07, 6.45) is -1.42. The van der Waals surface area contributed by atoms with Crippen molar-refractivity contribution in [3.05, 3.63) is 47.5 Å². The number of carboxylic acid groups (broad SMARTS) is 1. The summed E-state index contributed by atoms with van der Waals surface area (Å²) in [6, 6.07) is 9.99. The molecule has 2 aromatic carbocycles. The normalized spacial score (nSPS) is 14.2. The summed E-state index contributed by atoms with van der Waals surface area (Å²) in [4.78, 5) is 10.9. The number of hydrogen-bond donors (Lipinski definition) is 4. The number of hydrogen-bond acceptors (Lipinski definition) is 4. The van der Waals surface area contributed by atoms with E-state index in [0.717, 1.165) is 10.8 Å². The highest BCUT2D eigenvalue weighted by Crippen LogP contribution is 2.24. The zero-order chi connectivity index (χ0) is 14.7. The molecule has 2 atom stereocenters. The van der Waals surface area contributed by atoms with Crippen molar-refractivity contribution in [2.75, 3.05) is 5.75 Å². The number of aromatic carboxylic acids is 1. The van der Waals surface area contributed by atoms with Gasteiger partial charge in [-0.1, -0.05) is 18.2 Å². The molecule has 20 heavy (non-hydrogen) atoms. The van der Waals surface area contributed by atoms with Crippen molar-refractivity contribution in [3.63, 3.8) is 0 Å². The fraction of sp³-hybridized carbons (Fsp3) is 0.267. The first kappa shape index (κ1) is 14.8. The molecule has 0 aliphatic carbocycles. The van der Waals surface area contributed by atoms with E-state index < -0.39 is 18.2 Å². The van der Waals surface area contributed by atoms with E-state index in [2.05, 4.69) is 12.6 Å². The Morgan fingerprint density at radius 1 is 1.10 bits per heavy atom. The van der Waals surface area contributed by atoms with Crippen LogP contribution < -0.4 is 0 Å². The van der Waals surface area contributed by atoms with Crippen LogP contribution in [0.5, 0.6) is 0 Å². The summed E-state index contributed by atoms with van der Waals surface area (Å²) in [5.41, 5.74) is 0.829. The molecule has 0 heterocycles. The van der Waals surface area contributed by atoms with Crippen molar-refractivity contribution in [2.45, 2.75) is 18.6 Å². The third-order valence-corrected chi connectivity index (χ3v) is 3.50. The van der Waals surface area contributed by atoms with Crippen molar-refractivity contribution in [1.82, 2.24) is 0 Å². The molecule has 5 heteroatoms. The first-order valence-corrected chi connectivity index (χ1v) is 6.90. The minimum Gasteiger partial charge on any atom is -0.478 e. The molecular weight excluding hydrogens is 276 g/mol. The molecule has 0 saturated carbocycles. The molecule has 0 aromatic heterocycles. The average molecular weight is 292 g/mol. The summed E-state index contributed by atoms with van der Waals surface area (Å²) >= 11 is 4.03. The highest BCUT2D eigenvalue weighted by atomic mass is 32.1. The maximum Gasteiger partial charge on any atom is 0.335 e. The standard InChI is InChI=1S/C15H16O4S/c16-13(5-6-20)14(17)11-3-1-10-8-12(15(18)19)4-2-9(10)7-11/h1-4,7-8,13-14,16-17,20H,5-6H2,(H,18,19). The molecule has 0 bridgehead atoms. The summed E-state index contributed by atoms with van der Waals surface area (Å²) in [7, 11) is 0. The molecule has 106 valence electrons. The lowest BCUT2D eigenvalue weighted by atomic mass is 9.98. The van der Waals surface area contributed by atoms with Crippen molar-refractivity contribution in [3.8, 4) is 0 Å². The number of fused-ring (bicyclic) bond motifs is 1. The van der Waals surface area contributed by atoms with Crippen LogP contribution in [0, 0.1) is 0 Å². The molecule has 2 unspecified atom stereocenters. The predicted octanol–water partition coefficient (Wildman–Crippen LogP) is 2.25. The molecule has 3 N–H and O–H groups in total. The molecule has 0 fully saturated rings. The number of aliphatic hydroxyl groups is 2. The highest BCUT2D eigenvalue weighted by molar-refractivity contribution is 7.80. The SMILES string of the molecule is O=C(O)c1ccc2cc(C(O)C(O)CCS)ccc2c1. The van der Waals surface area contributed by atoms with Crippen LogP contribution in [0.2, 0.25) is 0 Å². The molecule has 0 aliphatic rings. The van der Waals surface area contributed by atoms with Gasteiger partial charge in [-0.05, 0) is 46.7 Å². The van der Waals surface area contributed by atoms with Crippen LogP contribution in [0.15, 0.2) is 36.4 Å². The van der Waals surface area contributed by atoms with E-state index in [0.29, 0.717) is 17.7 Å². The minimum absolute atomic E-state index is 0.223. The van der Waals surface area contributed by atoms with E-state index in [1.54, 1.807) is 30.3 Å². The van der Waals surface area contributed by atoms with Crippen LogP contribution in [0.1, 0.15) is 28.4 Å². The van der Waals surface area contributed by atoms with E-state index in [1.165, 1.54) is 6.07 Å². The third kappa shape index (κ3) is 3.12. The number of aliphatic hydroxyl groups excluding tert-OH is 2. The van der Waals surface area contributed by atoms with Gasteiger partial charge in [-0.2, -0.15) is 12.6 Å². The van der Waals surface area contributed by atoms with E-state index in [-0.39, 0.29) is 5.56 Å². The highest BCUT2D eigenvalue weighted by Gasteiger charge is 2.17. The Kier molecular flexibility index (Phi) is 4.65. The lowest BCUT2D eigenvalue weighted by Gasteiger charge is -2.17. The smallest absolute Gasteiger partial charge is 0.335 e. The van der Waals surface area contributed by atoms with Gasteiger partial charge in [0, 0.05) is 0 Å². The molecule has 2 aromatic rings. The van der Waals surface area contributed by atoms with Crippen LogP contribution in [0.3, 0.4) is 0 Å². The van der Waals surface area contributed by atoms with Crippen LogP contribution in [-0.2, 0) is 0 Å². The van der Waals surface area contributed by atoms with Crippen molar-refractivity contribution in [2.24, 2.45) is 0 Å². The summed E-state index contributed by atoms with van der Waals surface area (Å²) in [5, 5.41) is 30.4. The summed E-state index contributed by atoms with van der Waals surface area (Å²) < 4.78 is 0. The maximum atomic E-state index is 10.9. The van der Waals surface area contributed by atoms with Crippen molar-refractivity contribution >= 4 is 29.4 Å². The zero-order valence-electron chi connectivity index (χ0n) is 10.7. The summed E-state index contributed by atoms with van der Waals surface area (Å²) in [6.45, 7) is 0. The monoisotopic (exact) mass is 292 g/mol. The number of rotatable bonds is 5. The Labute approximate surface area is 122 Å². The van der Waals surface area contributed by atoms with E-state index in [1.807, 2.05) is 0 Å². The maximum absolute atomic E-state index is 10.9. The predicted molar refractivity (Wildman–Crippen MR) is 80.3 cm³/mol. The van der Waals surface area contributed by atoms with Gasteiger partial charge in [-0.3, -0.25) is 0 Å². The second-order valence-corrected chi connectivity index (χ2v) is 5.10. The molecule has 4 nitrogen and oxygen atoms in total. The van der Waals surface area contributed by atoms with Gasteiger partial charge in [-0.25, -0.2) is 4.79 Å². The van der Waals surface area contributed by atoms with Crippen molar-refractivity contribution in [1.29, 1.82) is 0 Å². The van der Waals surface area contributed by atoms with E-state index in [4.69, 9.17) is 5.11 Å². The molecule has 0 radical (unpaired) electrons. The molecule has 0 amide bonds. The number of carbonyl (C=O) groups is 1. The molecule has 0 aliphatic heterocycles. The largest absolute Gasteiger partial charge is 0.478 e. The Balaban J connectivity index is 2.34. The van der Waals surface area contributed by atoms with Gasteiger partial charge in [0.2, 0.25) is 0 Å². The van der Waals surface area contributed by atoms with Crippen LogP contribution in [0.4, 0.5) is 0 Å². The van der Waals surface area contributed by atoms with Crippen LogP contribution in [-0.4, -0.2) is 33.1 Å². The fourth-order valence-electron chi connectivity index (χ4n) is 2.09. The Morgan fingerprint density at radius 3 is 2.40 bits per heavy atom. The van der Waals surface area contributed by atoms with Gasteiger partial charge < -0.3 is 15.3 Å². The molecule has 0 saturated heterocycles. The molecule has 2 rings (SSSR count). The van der Waals surface area contributed by atoms with Gasteiger partial charge in [0.15, 0.2) is 0 Å². The van der Waals surface area contributed by atoms with Crippen molar-refractivity contribution < 1.29 is 20.1 Å². The van der Waals surface area contributed by atoms with Gasteiger partial charge >= 0.3 is 5.97 Å². The fourth-order valence-corrected chi connectivity index (χ4v) is 2.36. The van der Waals surface area contributed by atoms with Gasteiger partial charge in [-0.15, -0.1) is 0 Å². The quantitative estimate of drug-likeness (QED) is 0.637. The van der Waals surface area contributed by atoms with E-state index >= 15 is 0 Å². The molecular formula is C15H16O4S. The minimum atomic E-state index is -0.972. The van der Waals surface area contributed by atoms with E-state index in [9.17, 15) is 15.0 Å². The lowest BCUT2D eigenvalue weighted by Crippen LogP contribution is -2.18. The Morgan fingerprint density at radius 2 is 1.75 bits per heavy atom. The van der Waals surface area contributed by atoms with Crippen LogP contribution >= 0.6 is 12.6 Å². The van der Waals surface area contributed by atoms with Gasteiger partial charge in [0.25, 0.3) is 0 Å². The first-order valence-electron chi connectivity index (χ1n) is 6.27. The second kappa shape index (κ2) is 6.26. The van der Waals surface area contributed by atoms with Gasteiger partial charge in [0.1, 0.15) is 6.10 Å². The third-order valence-electron chi connectivity index (χ3n) is 3.24. The average Bonchev–Trinajstić information content (AvgIpc) is 2.45. The van der Waals surface area contributed by atoms with Gasteiger partial charge in [0.05, 0.1) is 11.7 Å². The first-order chi connectivity index (χ1) is 9.52. The number of benzene rings is 2. The number of thiol groups is 1. The second-order valence-electron chi connectivity index (χ2n) is 4.65. The number of carboxylic acids is 1. The lowest BCUT2D eigenvalue weighted by molar-refractivity contribution is 0.0173. The molecule has 0 spiro atoms. The Bertz CT molecular complexity index is 626. The zero-order valence-corrected chi connectivity index (χ0v) is 11.6. The summed E-state index contributed by atoms with van der Waals surface area (Å²) in [5.74, 6) is -0.478. The van der Waals surface area contributed by atoms with Crippen LogP contribution in [0.25, 0.3) is 10.8 Å². The topological polar surface area (TPSA) is 77.8 Å².